The Balaban J connectivity index is 2.65. The minimum Gasteiger partial charge on any atom is -0.480 e. The van der Waals surface area contributed by atoms with Gasteiger partial charge < -0.3 is 10.4 Å². The number of nitrogens with one attached hydrogen (secondary N) is 1. The van der Waals surface area contributed by atoms with Crippen molar-refractivity contribution in [3.8, 4) is 6.07 Å². The summed E-state index contributed by atoms with van der Waals surface area (Å²) < 4.78 is 0. The van der Waals surface area contributed by atoms with Crippen LogP contribution in [-0.4, -0.2) is 47.7 Å². The molecule has 13 heavy (non-hydrogen) atoms. The molecule has 0 aliphatic carbocycles. The van der Waals surface area contributed by atoms with E-state index in [1.54, 1.807) is 11.8 Å². The van der Waals surface area contributed by atoms with E-state index in [4.69, 9.17) is 10.4 Å². The summed E-state index contributed by atoms with van der Waals surface area (Å²) in [6, 6.07) is 1.19. The van der Waals surface area contributed by atoms with Crippen LogP contribution in [0.3, 0.4) is 0 Å². The number of aliphatic carboxylic acids is 1. The molecule has 1 heterocycles. The molecule has 0 radical (unpaired) electrons. The normalized spacial score (nSPS) is 26.3. The molecule has 5 heteroatoms. The number of nitriles is 1. The molecular formula is C8H13N3O2. The Morgan fingerprint density at radius 2 is 2.54 bits per heavy atom. The smallest absolute Gasteiger partial charge is 0.320 e. The standard InChI is InChI=1S/C8H13N3O2/c1-6(8(12)13)11-3-2-10-5-7(11)4-9/h6-7,10H,2-3,5H2,1H3,(H,12,13). The molecule has 1 saturated heterocycles. The lowest BCUT2D eigenvalue weighted by Gasteiger charge is -2.34. The van der Waals surface area contributed by atoms with Gasteiger partial charge in [-0.25, -0.2) is 0 Å². The zero-order chi connectivity index (χ0) is 9.84. The van der Waals surface area contributed by atoms with Crippen molar-refractivity contribution in [3.05, 3.63) is 0 Å². The van der Waals surface area contributed by atoms with Gasteiger partial charge in [0, 0.05) is 19.6 Å². The quantitative estimate of drug-likeness (QED) is 0.589. The molecule has 1 aliphatic heterocycles. The van der Waals surface area contributed by atoms with E-state index in [1.165, 1.54) is 0 Å². The van der Waals surface area contributed by atoms with Gasteiger partial charge in [-0.2, -0.15) is 5.26 Å². The highest BCUT2D eigenvalue weighted by atomic mass is 16.4. The van der Waals surface area contributed by atoms with E-state index in [0.29, 0.717) is 13.1 Å². The molecule has 0 spiro atoms. The Hall–Kier alpha value is -1.12. The van der Waals surface area contributed by atoms with Crippen molar-refractivity contribution >= 4 is 5.97 Å². The lowest BCUT2D eigenvalue weighted by atomic mass is 10.1. The summed E-state index contributed by atoms with van der Waals surface area (Å²) in [4.78, 5) is 12.4. The van der Waals surface area contributed by atoms with E-state index in [2.05, 4.69) is 11.4 Å². The van der Waals surface area contributed by atoms with Crippen molar-refractivity contribution in [1.82, 2.24) is 10.2 Å². The zero-order valence-electron chi connectivity index (χ0n) is 7.53. The predicted octanol–water partition coefficient (Wildman–Crippen LogP) is -0.743. The molecule has 0 amide bonds. The van der Waals surface area contributed by atoms with Crippen LogP contribution < -0.4 is 5.32 Å². The monoisotopic (exact) mass is 183 g/mol. The van der Waals surface area contributed by atoms with Crippen molar-refractivity contribution in [1.29, 1.82) is 5.26 Å². The van der Waals surface area contributed by atoms with Crippen LogP contribution in [0, 0.1) is 11.3 Å². The van der Waals surface area contributed by atoms with Crippen molar-refractivity contribution < 1.29 is 9.90 Å². The Morgan fingerprint density at radius 3 is 3.08 bits per heavy atom. The number of piperazine rings is 1. The Labute approximate surface area is 76.9 Å². The first-order valence-corrected chi connectivity index (χ1v) is 4.25. The third-order valence-corrected chi connectivity index (χ3v) is 2.29. The first-order chi connectivity index (χ1) is 6.16. The van der Waals surface area contributed by atoms with E-state index >= 15 is 0 Å². The predicted molar refractivity (Wildman–Crippen MR) is 46.1 cm³/mol. The van der Waals surface area contributed by atoms with E-state index < -0.39 is 12.0 Å². The maximum atomic E-state index is 10.7. The number of carboxylic acid groups (broad SMARTS) is 1. The number of carboxylic acids is 1. The van der Waals surface area contributed by atoms with Gasteiger partial charge in [0.05, 0.1) is 6.07 Å². The molecule has 2 N–H and O–H groups in total. The number of carbonyl (C=O) groups is 1. The molecule has 0 saturated carbocycles. The minimum atomic E-state index is -0.873. The Kier molecular flexibility index (Phi) is 3.23. The maximum absolute atomic E-state index is 10.7. The second kappa shape index (κ2) is 4.21. The average molecular weight is 183 g/mol. The lowest BCUT2D eigenvalue weighted by molar-refractivity contribution is -0.143. The molecule has 2 unspecified atom stereocenters. The van der Waals surface area contributed by atoms with Crippen molar-refractivity contribution in [3.63, 3.8) is 0 Å². The van der Waals surface area contributed by atoms with Crippen LogP contribution in [0.15, 0.2) is 0 Å². The van der Waals surface area contributed by atoms with Gasteiger partial charge in [0.1, 0.15) is 12.1 Å². The Morgan fingerprint density at radius 1 is 1.85 bits per heavy atom. The van der Waals surface area contributed by atoms with E-state index in [9.17, 15) is 4.79 Å². The molecule has 0 aromatic heterocycles. The van der Waals surface area contributed by atoms with Crippen LogP contribution in [0.1, 0.15) is 6.92 Å². The first-order valence-electron chi connectivity index (χ1n) is 4.25. The number of rotatable bonds is 2. The topological polar surface area (TPSA) is 76.4 Å². The Bertz CT molecular complexity index is 236. The summed E-state index contributed by atoms with van der Waals surface area (Å²) in [6.45, 7) is 3.52. The van der Waals surface area contributed by atoms with Crippen LogP contribution in [0.5, 0.6) is 0 Å². The van der Waals surface area contributed by atoms with Crippen molar-refractivity contribution in [2.75, 3.05) is 19.6 Å². The summed E-state index contributed by atoms with van der Waals surface area (Å²) in [5.74, 6) is -0.873. The highest BCUT2D eigenvalue weighted by molar-refractivity contribution is 5.73. The number of hydrogen-bond donors (Lipinski definition) is 2. The van der Waals surface area contributed by atoms with Gasteiger partial charge in [-0.1, -0.05) is 0 Å². The summed E-state index contributed by atoms with van der Waals surface area (Å²) in [7, 11) is 0. The lowest BCUT2D eigenvalue weighted by Crippen LogP contribution is -2.55. The molecular weight excluding hydrogens is 170 g/mol. The van der Waals surface area contributed by atoms with Crippen LogP contribution in [0.2, 0.25) is 0 Å². The van der Waals surface area contributed by atoms with Gasteiger partial charge in [-0.05, 0) is 6.92 Å². The highest BCUT2D eigenvalue weighted by Gasteiger charge is 2.29. The fraction of sp³-hybridized carbons (Fsp3) is 0.750. The van der Waals surface area contributed by atoms with Crippen LogP contribution in [0.25, 0.3) is 0 Å². The first kappa shape index (κ1) is 9.96. The molecule has 0 aromatic carbocycles. The van der Waals surface area contributed by atoms with E-state index in [1.807, 2.05) is 0 Å². The summed E-state index contributed by atoms with van der Waals surface area (Å²) in [5.41, 5.74) is 0. The molecule has 1 rings (SSSR count). The summed E-state index contributed by atoms with van der Waals surface area (Å²) in [6.07, 6.45) is 0. The van der Waals surface area contributed by atoms with Gasteiger partial charge in [0.15, 0.2) is 0 Å². The zero-order valence-corrected chi connectivity index (χ0v) is 7.53. The SMILES string of the molecule is CC(C(=O)O)N1CCNCC1C#N. The molecule has 0 aromatic rings. The van der Waals surface area contributed by atoms with Crippen LogP contribution >= 0.6 is 0 Å². The third kappa shape index (κ3) is 2.17. The molecule has 72 valence electrons. The fourth-order valence-corrected chi connectivity index (χ4v) is 1.45. The molecule has 0 bridgehead atoms. The van der Waals surface area contributed by atoms with Crippen LogP contribution in [0.4, 0.5) is 0 Å². The largest absolute Gasteiger partial charge is 0.480 e. The third-order valence-electron chi connectivity index (χ3n) is 2.29. The average Bonchev–Trinajstić information content (AvgIpc) is 2.16. The van der Waals surface area contributed by atoms with Gasteiger partial charge in [-0.3, -0.25) is 9.69 Å². The van der Waals surface area contributed by atoms with E-state index in [-0.39, 0.29) is 6.04 Å². The van der Waals surface area contributed by atoms with Crippen molar-refractivity contribution in [2.45, 2.75) is 19.0 Å². The second-order valence-electron chi connectivity index (χ2n) is 3.10. The van der Waals surface area contributed by atoms with Crippen LogP contribution in [-0.2, 0) is 4.79 Å². The molecule has 5 nitrogen and oxygen atoms in total. The minimum absolute atomic E-state index is 0.320. The maximum Gasteiger partial charge on any atom is 0.320 e. The van der Waals surface area contributed by atoms with E-state index in [0.717, 1.165) is 6.54 Å². The summed E-state index contributed by atoms with van der Waals surface area (Å²) in [5, 5.41) is 20.6. The fourth-order valence-electron chi connectivity index (χ4n) is 1.45. The molecule has 1 fully saturated rings. The number of nitrogens with zero attached hydrogens (tertiary/aromatic N) is 2. The summed E-state index contributed by atoms with van der Waals surface area (Å²) >= 11 is 0. The van der Waals surface area contributed by atoms with Gasteiger partial charge in [0.25, 0.3) is 0 Å². The molecule has 2 atom stereocenters. The highest BCUT2D eigenvalue weighted by Crippen LogP contribution is 2.07. The van der Waals surface area contributed by atoms with Gasteiger partial charge in [0.2, 0.25) is 0 Å². The van der Waals surface area contributed by atoms with Gasteiger partial charge >= 0.3 is 5.97 Å². The number of hydrogen-bond acceptors (Lipinski definition) is 4. The second-order valence-corrected chi connectivity index (χ2v) is 3.10. The van der Waals surface area contributed by atoms with Crippen molar-refractivity contribution in [2.24, 2.45) is 0 Å². The van der Waals surface area contributed by atoms with Gasteiger partial charge in [-0.15, -0.1) is 0 Å². The molecule has 1 aliphatic rings.